The van der Waals surface area contributed by atoms with Gasteiger partial charge >= 0.3 is 132 Å². The molecule has 141 heavy (non-hydrogen) atoms. The second kappa shape index (κ2) is 46.7. The Hall–Kier alpha value is -4.29. The summed E-state index contributed by atoms with van der Waals surface area (Å²) in [5.41, 5.74) is -3.68. The van der Waals surface area contributed by atoms with E-state index >= 15 is 0 Å². The van der Waals surface area contributed by atoms with Crippen LogP contribution in [-0.2, 0) is 105 Å². The van der Waals surface area contributed by atoms with Gasteiger partial charge in [0.25, 0.3) is 0 Å². The molecular weight excluding hydrogens is 2180 g/mol. The van der Waals surface area contributed by atoms with Gasteiger partial charge < -0.3 is 52.1 Å². The van der Waals surface area contributed by atoms with Crippen molar-refractivity contribution < 1.29 is 228 Å². The van der Waals surface area contributed by atoms with Crippen LogP contribution in [0.25, 0.3) is 0 Å². The first-order valence-corrected chi connectivity index (χ1v) is 52.6. The van der Waals surface area contributed by atoms with Gasteiger partial charge in [-0.2, -0.15) is 119 Å². The number of thioether (sulfide) groups is 10. The standard InChI is InChI=1S/C23H30F4O6S2.C16H19F7O4S2.C15H17F7O4S2.C14H17F5O4S2.C13H15F5O4S2/c1-13(28)31-9-20(10-32-18(30)23(25,26)27)11-34-22(35-12-20)15-4-14-5-16(22)8-21(6-14,7-15)33-17(29)19(2,3)24;1-13(17,18)11(24)27-10-4-2-3-5-15(10)28-7-9(29-15)6-26-12(25)14(19,20)8-16(21,22)23;1-12(16,17)11(24)26-9-3-2-4-13(9)27-7-8(28-13)6-25-10(23)5-14(18,19)15(20,21)22;1-12(15,16)11(21)23-9-3-2-4-13(9)24-7-8(25-13)6-22-10(20)5-14(17,18)19;1-11(14,15)9(19)22-8-3-2-4-12(8)23-6-7(24-12)5-21-10(20)13(16,17)18/h14-16H,4-12H2,1-3H3;9-10H,2-8H2,1H3;8-9H,2-7H2,1H3;8-9H,2-7H2,1H3;7-8H,2-6H2,1H3. The molecule has 13 fully saturated rings. The maximum Gasteiger partial charge on any atom is 0.490 e. The van der Waals surface area contributed by atoms with Crippen LogP contribution in [0.5, 0.6) is 0 Å². The molecule has 5 saturated heterocycles. The maximum absolute atomic E-state index is 14.2. The van der Waals surface area contributed by atoms with E-state index in [4.69, 9.17) is 28.4 Å². The molecule has 13 rings (SSSR count). The summed E-state index contributed by atoms with van der Waals surface area (Å²) in [5.74, 6) is -39.1. The van der Waals surface area contributed by atoms with Crippen LogP contribution < -0.4 is 0 Å². The molecule has 8 saturated carbocycles. The van der Waals surface area contributed by atoms with Crippen LogP contribution in [0.1, 0.15) is 183 Å². The molecule has 0 aromatic rings. The quantitative estimate of drug-likeness (QED) is 0.0419. The Labute approximate surface area is 830 Å². The van der Waals surface area contributed by atoms with Gasteiger partial charge in [-0.25, -0.2) is 42.7 Å². The number of ether oxygens (including phenoxy) is 11. The molecule has 0 aromatic heterocycles. The van der Waals surface area contributed by atoms with Gasteiger partial charge in [0.15, 0.2) is 0 Å². The van der Waals surface area contributed by atoms with Crippen LogP contribution in [0.15, 0.2) is 0 Å². The summed E-state index contributed by atoms with van der Waals surface area (Å²) in [6.07, 6.45) is -24.2. The second-order valence-electron chi connectivity index (χ2n) is 36.3. The number of carbonyl (C=O) groups excluding carboxylic acids is 11. The molecule has 22 nitrogen and oxygen atoms in total. The minimum atomic E-state index is -5.85. The molecule has 14 unspecified atom stereocenters. The van der Waals surface area contributed by atoms with Gasteiger partial charge in [0.1, 0.15) is 88.9 Å². The van der Waals surface area contributed by atoms with Crippen molar-refractivity contribution in [1.82, 2.24) is 0 Å². The third-order valence-corrected chi connectivity index (χ3v) is 43.4. The highest BCUT2D eigenvalue weighted by Crippen LogP contribution is 2.72. The van der Waals surface area contributed by atoms with Crippen LogP contribution in [0.3, 0.4) is 0 Å². The average molecular weight is 2280 g/mol. The van der Waals surface area contributed by atoms with Crippen molar-refractivity contribution in [3.63, 3.8) is 0 Å². The lowest BCUT2D eigenvalue weighted by atomic mass is 9.53. The number of alkyl halides is 28. The van der Waals surface area contributed by atoms with Crippen LogP contribution in [0.4, 0.5) is 123 Å². The first kappa shape index (κ1) is 122. The highest BCUT2D eigenvalue weighted by molar-refractivity contribution is 8.23. The predicted octanol–water partition coefficient (Wildman–Crippen LogP) is 21.1. The van der Waals surface area contributed by atoms with E-state index in [9.17, 15) is 176 Å². The number of carbonyl (C=O) groups is 11. The maximum atomic E-state index is 14.2. The molecule has 810 valence electrons. The van der Waals surface area contributed by atoms with Crippen molar-refractivity contribution in [3.8, 4) is 0 Å². The molecule has 4 bridgehead atoms. The molecule has 5 aliphatic heterocycles. The molecule has 0 radical (unpaired) electrons. The minimum absolute atomic E-state index is 0.144. The zero-order valence-corrected chi connectivity index (χ0v) is 83.5. The molecule has 13 aliphatic rings. The Morgan fingerprint density at radius 2 is 0.674 bits per heavy atom. The van der Waals surface area contributed by atoms with Crippen molar-refractivity contribution in [3.05, 3.63) is 0 Å². The SMILES string of the molecule is CC(=O)OCC1(COC(=O)C(F)(F)F)CSC2(SC1)C1CC3CC2CC(OC(=O)C(C)(C)F)(C3)C1.CC(F)(F)C(=O)OC1CCCC12SCC(COC(=O)C(F)(F)F)S2.CC(F)(F)C(=O)OC1CCCC12SCC(COC(=O)CC(F)(F)C(F)(F)F)S2.CC(F)(F)C(=O)OC1CCCC12SCC(COC(=O)CC(F)(F)F)S2.CC(F)(F)C(=O)OC1CCCCC12SCC(COC(=O)C(F)(F)CC(F)(F)F)S2. The third-order valence-electron chi connectivity index (χ3n) is 23.5. The number of esters is 11. The summed E-state index contributed by atoms with van der Waals surface area (Å²) in [6.45, 7) is 3.13. The second-order valence-corrected chi connectivity index (χ2v) is 52.0. The van der Waals surface area contributed by atoms with E-state index in [1.54, 1.807) is 23.5 Å². The lowest BCUT2D eigenvalue weighted by Gasteiger charge is -2.65. The number of halogens is 28. The number of hydrogen-bond acceptors (Lipinski definition) is 32. The minimum Gasteiger partial charge on any atom is -0.465 e. The van der Waals surface area contributed by atoms with Crippen molar-refractivity contribution in [1.29, 1.82) is 0 Å². The molecule has 8 aliphatic carbocycles. The highest BCUT2D eigenvalue weighted by atomic mass is 32.2. The molecule has 60 heteroatoms. The van der Waals surface area contributed by atoms with E-state index in [1.165, 1.54) is 103 Å². The van der Waals surface area contributed by atoms with Crippen LogP contribution in [0, 0.1) is 23.2 Å². The molecule has 5 heterocycles. The predicted molar refractivity (Wildman–Crippen MR) is 461 cm³/mol. The summed E-state index contributed by atoms with van der Waals surface area (Å²) in [5, 5.41) is -1.69. The zero-order chi connectivity index (χ0) is 106. The highest BCUT2D eigenvalue weighted by Gasteiger charge is 2.68. The van der Waals surface area contributed by atoms with Gasteiger partial charge in [0.05, 0.1) is 25.8 Å². The van der Waals surface area contributed by atoms with Gasteiger partial charge in [-0.15, -0.1) is 118 Å². The molecule has 0 aromatic carbocycles. The lowest BCUT2D eigenvalue weighted by molar-refractivity contribution is -0.283. The molecule has 0 amide bonds. The third kappa shape index (κ3) is 33.9. The Bertz CT molecular complexity index is 4350. The van der Waals surface area contributed by atoms with E-state index in [-0.39, 0.29) is 40.1 Å². The Morgan fingerprint density at radius 1 is 0.348 bits per heavy atom. The van der Waals surface area contributed by atoms with E-state index < -0.39 is 251 Å². The van der Waals surface area contributed by atoms with Crippen LogP contribution in [0.2, 0.25) is 0 Å². The van der Waals surface area contributed by atoms with Gasteiger partial charge in [0, 0.05) is 90.1 Å². The zero-order valence-electron chi connectivity index (χ0n) is 75.3. The van der Waals surface area contributed by atoms with Gasteiger partial charge in [-0.05, 0) is 141 Å². The van der Waals surface area contributed by atoms with Crippen molar-refractivity contribution in [2.45, 2.75) is 327 Å². The fourth-order valence-electron chi connectivity index (χ4n) is 17.1. The molecular formula is C81H98F28O22S10. The Kier molecular flexibility index (Phi) is 40.4. The lowest BCUT2D eigenvalue weighted by Crippen LogP contribution is -2.64. The van der Waals surface area contributed by atoms with Crippen molar-refractivity contribution in [2.24, 2.45) is 23.2 Å². The normalized spacial score (nSPS) is 31.5. The van der Waals surface area contributed by atoms with E-state index in [0.29, 0.717) is 152 Å². The van der Waals surface area contributed by atoms with Gasteiger partial charge in [-0.3, -0.25) is 14.4 Å². The average Bonchev–Trinajstić information content (AvgIpc) is 1.56. The van der Waals surface area contributed by atoms with E-state index in [0.717, 1.165) is 37.4 Å². The first-order chi connectivity index (χ1) is 64.2. The summed E-state index contributed by atoms with van der Waals surface area (Å²) in [4.78, 5) is 125. The fraction of sp³-hybridized carbons (Fsp3) is 0.864. The van der Waals surface area contributed by atoms with Gasteiger partial charge in [0.2, 0.25) is 5.67 Å². The molecule has 0 N–H and O–H groups in total. The van der Waals surface area contributed by atoms with Crippen LogP contribution in [-0.4, -0.2) is 283 Å². The monoisotopic (exact) mass is 2270 g/mol. The summed E-state index contributed by atoms with van der Waals surface area (Å²) in [6, 6.07) is 0. The Morgan fingerprint density at radius 3 is 1.00 bits per heavy atom. The number of rotatable bonds is 27. The fourth-order valence-corrected chi connectivity index (χ4v) is 36.6. The molecule has 5 spiro atoms. The van der Waals surface area contributed by atoms with E-state index in [2.05, 4.69) is 23.7 Å². The summed E-state index contributed by atoms with van der Waals surface area (Å²) >= 11 is 13.5. The topological polar surface area (TPSA) is 289 Å². The van der Waals surface area contributed by atoms with E-state index in [1.807, 2.05) is 0 Å². The van der Waals surface area contributed by atoms with Crippen molar-refractivity contribution >= 4 is 183 Å². The van der Waals surface area contributed by atoms with Crippen molar-refractivity contribution in [2.75, 3.05) is 74.2 Å². The largest absolute Gasteiger partial charge is 0.490 e. The smallest absolute Gasteiger partial charge is 0.465 e. The first-order valence-electron chi connectivity index (χ1n) is 43.1. The van der Waals surface area contributed by atoms with Gasteiger partial charge in [-0.1, -0.05) is 6.42 Å². The number of hydrogen-bond donors (Lipinski definition) is 0. The Balaban J connectivity index is 0.000000217. The van der Waals surface area contributed by atoms with Crippen LogP contribution >= 0.6 is 118 Å². The summed E-state index contributed by atoms with van der Waals surface area (Å²) in [7, 11) is 0. The summed E-state index contributed by atoms with van der Waals surface area (Å²) < 4.78 is 405. The molecule has 14 atom stereocenters.